The lowest BCUT2D eigenvalue weighted by Gasteiger charge is -2.52. The molecule has 0 aromatic carbocycles. The predicted molar refractivity (Wildman–Crippen MR) is 68.5 cm³/mol. The molecular formula is C15H24O2. The van der Waals surface area contributed by atoms with E-state index < -0.39 is 6.10 Å². The van der Waals surface area contributed by atoms with Crippen LogP contribution < -0.4 is 0 Å². The van der Waals surface area contributed by atoms with Gasteiger partial charge in [0.25, 0.3) is 0 Å². The first-order valence-electron chi connectivity index (χ1n) is 6.75. The fourth-order valence-electron chi connectivity index (χ4n) is 3.88. The van der Waals surface area contributed by atoms with Crippen LogP contribution in [0, 0.1) is 23.2 Å². The van der Waals surface area contributed by atoms with E-state index in [0.717, 1.165) is 24.8 Å². The van der Waals surface area contributed by atoms with Gasteiger partial charge in [-0.3, -0.25) is 4.79 Å². The Labute approximate surface area is 104 Å². The normalized spacial score (nSPS) is 46.5. The zero-order valence-corrected chi connectivity index (χ0v) is 11.2. The van der Waals surface area contributed by atoms with Crippen LogP contribution in [0.4, 0.5) is 0 Å². The van der Waals surface area contributed by atoms with Crippen LogP contribution in [0.1, 0.15) is 46.5 Å². The maximum Gasteiger partial charge on any atom is 0.165 e. The third-order valence-electron chi connectivity index (χ3n) is 5.36. The van der Waals surface area contributed by atoms with Gasteiger partial charge in [-0.2, -0.15) is 0 Å². The fraction of sp³-hybridized carbons (Fsp3) is 0.800. The Morgan fingerprint density at radius 2 is 2.12 bits per heavy atom. The van der Waals surface area contributed by atoms with Gasteiger partial charge in [-0.1, -0.05) is 38.8 Å². The largest absolute Gasteiger partial charge is 0.385 e. The highest BCUT2D eigenvalue weighted by molar-refractivity contribution is 5.87. The van der Waals surface area contributed by atoms with Gasteiger partial charge in [0.2, 0.25) is 0 Å². The van der Waals surface area contributed by atoms with Crippen molar-refractivity contribution in [3.05, 3.63) is 12.2 Å². The van der Waals surface area contributed by atoms with Crippen LogP contribution in [0.15, 0.2) is 12.2 Å². The molecule has 5 atom stereocenters. The van der Waals surface area contributed by atoms with Gasteiger partial charge in [-0.05, 0) is 31.1 Å². The van der Waals surface area contributed by atoms with Crippen molar-refractivity contribution in [2.75, 3.05) is 0 Å². The molecule has 0 amide bonds. The molecule has 2 aliphatic rings. The maximum atomic E-state index is 12.3. The van der Waals surface area contributed by atoms with E-state index in [2.05, 4.69) is 20.4 Å². The minimum atomic E-state index is -0.809. The number of carbonyl (C=O) groups excluding carboxylic acids is 1. The van der Waals surface area contributed by atoms with E-state index in [0.29, 0.717) is 5.92 Å². The summed E-state index contributed by atoms with van der Waals surface area (Å²) in [5, 5.41) is 10.1. The summed E-state index contributed by atoms with van der Waals surface area (Å²) >= 11 is 0. The first kappa shape index (κ1) is 12.8. The van der Waals surface area contributed by atoms with Crippen LogP contribution in [0.25, 0.3) is 0 Å². The molecule has 2 fully saturated rings. The van der Waals surface area contributed by atoms with Gasteiger partial charge in [0, 0.05) is 11.8 Å². The van der Waals surface area contributed by atoms with Gasteiger partial charge in [-0.25, -0.2) is 0 Å². The molecule has 2 rings (SSSR count). The molecule has 0 aromatic heterocycles. The highest BCUT2D eigenvalue weighted by Crippen LogP contribution is 2.54. The highest BCUT2D eigenvalue weighted by Gasteiger charge is 2.53. The van der Waals surface area contributed by atoms with Crippen LogP contribution in [0.5, 0.6) is 0 Å². The van der Waals surface area contributed by atoms with Gasteiger partial charge in [0.1, 0.15) is 6.10 Å². The molecule has 17 heavy (non-hydrogen) atoms. The second kappa shape index (κ2) is 4.24. The molecule has 0 aliphatic heterocycles. The van der Waals surface area contributed by atoms with Crippen molar-refractivity contribution in [1.29, 1.82) is 0 Å². The number of aliphatic hydroxyl groups is 1. The van der Waals surface area contributed by atoms with Gasteiger partial charge >= 0.3 is 0 Å². The molecule has 0 aromatic rings. The van der Waals surface area contributed by atoms with E-state index in [1.807, 2.05) is 6.92 Å². The Bertz CT molecular complexity index is 347. The topological polar surface area (TPSA) is 37.3 Å². The first-order chi connectivity index (χ1) is 7.88. The summed E-state index contributed by atoms with van der Waals surface area (Å²) in [5.74, 6) is 0.666. The zero-order chi connectivity index (χ0) is 12.8. The van der Waals surface area contributed by atoms with Crippen molar-refractivity contribution < 1.29 is 9.90 Å². The summed E-state index contributed by atoms with van der Waals surface area (Å²) in [4.78, 5) is 12.3. The zero-order valence-electron chi connectivity index (χ0n) is 11.2. The third-order valence-corrected chi connectivity index (χ3v) is 5.36. The molecular weight excluding hydrogens is 212 g/mol. The van der Waals surface area contributed by atoms with Crippen LogP contribution >= 0.6 is 0 Å². The minimum absolute atomic E-state index is 0.0377. The van der Waals surface area contributed by atoms with Crippen molar-refractivity contribution >= 4 is 5.78 Å². The summed E-state index contributed by atoms with van der Waals surface area (Å²) in [7, 11) is 0. The molecule has 1 unspecified atom stereocenters. The third kappa shape index (κ3) is 1.87. The van der Waals surface area contributed by atoms with Crippen molar-refractivity contribution in [3.8, 4) is 0 Å². The van der Waals surface area contributed by atoms with Gasteiger partial charge in [0.15, 0.2) is 5.78 Å². The molecule has 0 spiro atoms. The number of hydrogen-bond acceptors (Lipinski definition) is 2. The van der Waals surface area contributed by atoms with Crippen molar-refractivity contribution in [2.45, 2.75) is 52.6 Å². The molecule has 1 N–H and O–H groups in total. The van der Waals surface area contributed by atoms with Gasteiger partial charge in [0.05, 0.1) is 0 Å². The Balaban J connectivity index is 2.34. The Hall–Kier alpha value is -0.630. The Morgan fingerprint density at radius 1 is 1.47 bits per heavy atom. The first-order valence-corrected chi connectivity index (χ1v) is 6.75. The fourth-order valence-corrected chi connectivity index (χ4v) is 3.88. The number of ketones is 1. The van der Waals surface area contributed by atoms with Crippen LogP contribution in [0.2, 0.25) is 0 Å². The molecule has 0 radical (unpaired) electrons. The molecule has 2 saturated carbocycles. The SMILES string of the molecule is C=C(C)[C@H]1C[C@@]2(C)[C@H](CCC[C@@H]2C)C(=O)C1O. The lowest BCUT2D eigenvalue weighted by atomic mass is 9.52. The minimum Gasteiger partial charge on any atom is -0.385 e. The highest BCUT2D eigenvalue weighted by atomic mass is 16.3. The van der Waals surface area contributed by atoms with Crippen LogP contribution in [0.3, 0.4) is 0 Å². The lowest BCUT2D eigenvalue weighted by molar-refractivity contribution is -0.151. The summed E-state index contributed by atoms with van der Waals surface area (Å²) in [6, 6.07) is 0. The van der Waals surface area contributed by atoms with Crippen molar-refractivity contribution in [3.63, 3.8) is 0 Å². The number of carbonyl (C=O) groups is 1. The quantitative estimate of drug-likeness (QED) is 0.711. The number of Topliss-reactive ketones (excluding diaryl/α,β-unsaturated/α-hetero) is 1. The van der Waals surface area contributed by atoms with E-state index in [1.165, 1.54) is 6.42 Å². The monoisotopic (exact) mass is 236 g/mol. The van der Waals surface area contributed by atoms with Gasteiger partial charge in [-0.15, -0.1) is 0 Å². The number of fused-ring (bicyclic) bond motifs is 1. The van der Waals surface area contributed by atoms with E-state index in [-0.39, 0.29) is 23.0 Å². The molecule has 0 saturated heterocycles. The Kier molecular flexibility index (Phi) is 3.19. The summed E-state index contributed by atoms with van der Waals surface area (Å²) in [6.45, 7) is 10.4. The van der Waals surface area contributed by atoms with E-state index in [9.17, 15) is 9.90 Å². The molecule has 2 aliphatic carbocycles. The standard InChI is InChI=1S/C15H24O2/c1-9(2)11-8-15(4)10(3)6-5-7-12(15)14(17)13(11)16/h10-13,16H,1,5-8H2,2-4H3/t10-,11+,12+,13?,15+/m0/s1. The van der Waals surface area contributed by atoms with E-state index >= 15 is 0 Å². The average molecular weight is 236 g/mol. The number of aliphatic hydroxyl groups excluding tert-OH is 1. The maximum absolute atomic E-state index is 12.3. The van der Waals surface area contributed by atoms with Crippen molar-refractivity contribution in [1.82, 2.24) is 0 Å². The second-order valence-corrected chi connectivity index (χ2v) is 6.39. The lowest BCUT2D eigenvalue weighted by Crippen LogP contribution is -2.53. The second-order valence-electron chi connectivity index (χ2n) is 6.39. The smallest absolute Gasteiger partial charge is 0.165 e. The van der Waals surface area contributed by atoms with Crippen molar-refractivity contribution in [2.24, 2.45) is 23.2 Å². The molecule has 2 heteroatoms. The number of rotatable bonds is 1. The van der Waals surface area contributed by atoms with E-state index in [4.69, 9.17) is 0 Å². The summed E-state index contributed by atoms with van der Waals surface area (Å²) in [6.07, 6.45) is 3.40. The summed E-state index contributed by atoms with van der Waals surface area (Å²) < 4.78 is 0. The molecule has 0 bridgehead atoms. The molecule has 2 nitrogen and oxygen atoms in total. The van der Waals surface area contributed by atoms with Crippen LogP contribution in [-0.2, 0) is 4.79 Å². The Morgan fingerprint density at radius 3 is 2.71 bits per heavy atom. The summed E-state index contributed by atoms with van der Waals surface area (Å²) in [5.41, 5.74) is 1.02. The predicted octanol–water partition coefficient (Wildman–Crippen LogP) is 2.95. The number of hydrogen-bond donors (Lipinski definition) is 1. The molecule has 0 heterocycles. The van der Waals surface area contributed by atoms with Crippen LogP contribution in [-0.4, -0.2) is 17.0 Å². The van der Waals surface area contributed by atoms with E-state index in [1.54, 1.807) is 0 Å². The average Bonchev–Trinajstić information content (AvgIpc) is 2.26. The van der Waals surface area contributed by atoms with Gasteiger partial charge < -0.3 is 5.11 Å². The molecule has 96 valence electrons.